The van der Waals surface area contributed by atoms with E-state index in [9.17, 15) is 4.79 Å². The van der Waals surface area contributed by atoms with E-state index in [-0.39, 0.29) is 5.78 Å². The summed E-state index contributed by atoms with van der Waals surface area (Å²) in [6.45, 7) is 2.13. The minimum Gasteiger partial charge on any atom is -0.464 e. The fourth-order valence-electron chi connectivity index (χ4n) is 2.55. The van der Waals surface area contributed by atoms with Gasteiger partial charge >= 0.3 is 0 Å². The highest BCUT2D eigenvalue weighted by Gasteiger charge is 2.25. The molecular formula is C17H16O2. The van der Waals surface area contributed by atoms with Gasteiger partial charge in [-0.25, -0.2) is 0 Å². The lowest BCUT2D eigenvalue weighted by atomic mass is 9.91. The number of carbonyl (C=O) groups excluding carboxylic acids is 1. The molecule has 0 atom stereocenters. The minimum absolute atomic E-state index is 0.0704. The lowest BCUT2D eigenvalue weighted by Crippen LogP contribution is -2.06. The van der Waals surface area contributed by atoms with Crippen LogP contribution in [0.25, 0.3) is 0 Å². The normalized spacial score (nSPS) is 16.8. The van der Waals surface area contributed by atoms with Crippen LogP contribution in [-0.4, -0.2) is 5.78 Å². The number of ketones is 1. The molecule has 2 nitrogen and oxygen atoms in total. The zero-order valence-electron chi connectivity index (χ0n) is 11.0. The SMILES string of the molecule is CCCc1cccc2c1OC=C1CC=CC=C1C2=O. The molecule has 0 aromatic heterocycles. The Labute approximate surface area is 113 Å². The summed E-state index contributed by atoms with van der Waals surface area (Å²) in [5, 5.41) is 0. The van der Waals surface area contributed by atoms with Crippen molar-refractivity contribution < 1.29 is 9.53 Å². The van der Waals surface area contributed by atoms with Gasteiger partial charge in [0.05, 0.1) is 11.8 Å². The number of hydrogen-bond acceptors (Lipinski definition) is 2. The lowest BCUT2D eigenvalue weighted by Gasteiger charge is -2.10. The summed E-state index contributed by atoms with van der Waals surface area (Å²) >= 11 is 0. The molecule has 0 bridgehead atoms. The second-order valence-electron chi connectivity index (χ2n) is 4.85. The molecule has 0 saturated carbocycles. The molecule has 0 unspecified atom stereocenters. The van der Waals surface area contributed by atoms with Crippen LogP contribution in [0.15, 0.2) is 53.8 Å². The van der Waals surface area contributed by atoms with E-state index in [0.717, 1.165) is 41.7 Å². The van der Waals surface area contributed by atoms with Crippen molar-refractivity contribution in [2.24, 2.45) is 0 Å². The monoisotopic (exact) mass is 252 g/mol. The second-order valence-corrected chi connectivity index (χ2v) is 4.85. The summed E-state index contributed by atoms with van der Waals surface area (Å²) < 4.78 is 5.81. The summed E-state index contributed by atoms with van der Waals surface area (Å²) in [5.74, 6) is 0.804. The van der Waals surface area contributed by atoms with Crippen molar-refractivity contribution in [3.8, 4) is 5.75 Å². The van der Waals surface area contributed by atoms with Crippen LogP contribution in [0.2, 0.25) is 0 Å². The number of Topliss-reactive ketones (excluding diaryl/α,β-unsaturated/α-hetero) is 1. The van der Waals surface area contributed by atoms with Crippen molar-refractivity contribution in [3.63, 3.8) is 0 Å². The van der Waals surface area contributed by atoms with Crippen LogP contribution in [0.3, 0.4) is 0 Å². The van der Waals surface area contributed by atoms with Crippen LogP contribution in [-0.2, 0) is 6.42 Å². The molecule has 1 aliphatic carbocycles. The van der Waals surface area contributed by atoms with Gasteiger partial charge in [0, 0.05) is 11.1 Å². The smallest absolute Gasteiger partial charge is 0.197 e. The summed E-state index contributed by atoms with van der Waals surface area (Å²) in [7, 11) is 0. The third-order valence-corrected chi connectivity index (χ3v) is 3.51. The molecule has 1 aromatic rings. The molecule has 96 valence electrons. The lowest BCUT2D eigenvalue weighted by molar-refractivity contribution is 0.103. The molecule has 0 radical (unpaired) electrons. The van der Waals surface area contributed by atoms with Gasteiger partial charge in [-0.15, -0.1) is 0 Å². The minimum atomic E-state index is 0.0704. The van der Waals surface area contributed by atoms with Gasteiger partial charge in [-0.3, -0.25) is 4.79 Å². The van der Waals surface area contributed by atoms with Crippen LogP contribution in [0, 0.1) is 0 Å². The highest BCUT2D eigenvalue weighted by molar-refractivity contribution is 6.14. The Bertz CT molecular complexity index is 618. The summed E-state index contributed by atoms with van der Waals surface area (Å²) in [6.07, 6.45) is 10.3. The first-order valence-electron chi connectivity index (χ1n) is 6.70. The first-order chi connectivity index (χ1) is 9.31. The summed E-state index contributed by atoms with van der Waals surface area (Å²) in [6, 6.07) is 5.83. The number of benzene rings is 1. The number of hydrogen-bond donors (Lipinski definition) is 0. The van der Waals surface area contributed by atoms with Crippen molar-refractivity contribution in [2.45, 2.75) is 26.2 Å². The van der Waals surface area contributed by atoms with Crippen LogP contribution >= 0.6 is 0 Å². The molecule has 0 spiro atoms. The van der Waals surface area contributed by atoms with Crippen molar-refractivity contribution in [3.05, 3.63) is 65.0 Å². The number of carbonyl (C=O) groups is 1. The molecule has 0 N–H and O–H groups in total. The van der Waals surface area contributed by atoms with Gasteiger partial charge in [-0.1, -0.05) is 43.7 Å². The van der Waals surface area contributed by atoms with Crippen LogP contribution in [0.4, 0.5) is 0 Å². The van der Waals surface area contributed by atoms with Gasteiger partial charge in [-0.05, 0) is 24.5 Å². The number of rotatable bonds is 2. The van der Waals surface area contributed by atoms with E-state index in [1.54, 1.807) is 6.26 Å². The first kappa shape index (κ1) is 12.0. The highest BCUT2D eigenvalue weighted by Crippen LogP contribution is 2.34. The largest absolute Gasteiger partial charge is 0.464 e. The molecular weight excluding hydrogens is 236 g/mol. The fraction of sp³-hybridized carbons (Fsp3) is 0.235. The average molecular weight is 252 g/mol. The third kappa shape index (κ3) is 2.03. The standard InChI is InChI=1S/C17H16O2/c1-2-6-12-8-5-10-15-16(18)14-9-4-3-7-13(14)11-19-17(12)15/h3-5,8-11H,2,6-7H2,1H3. The Morgan fingerprint density at radius 1 is 1.32 bits per heavy atom. The second kappa shape index (κ2) is 4.88. The number of ether oxygens (including phenoxy) is 1. The first-order valence-corrected chi connectivity index (χ1v) is 6.70. The third-order valence-electron chi connectivity index (χ3n) is 3.51. The quantitative estimate of drug-likeness (QED) is 0.795. The Hall–Kier alpha value is -2.09. The average Bonchev–Trinajstić information content (AvgIpc) is 2.59. The molecule has 2 aliphatic rings. The molecule has 1 heterocycles. The van der Waals surface area contributed by atoms with Gasteiger partial charge in [0.25, 0.3) is 0 Å². The van der Waals surface area contributed by atoms with Gasteiger partial charge in [0.15, 0.2) is 5.78 Å². The molecule has 0 saturated heterocycles. The van der Waals surface area contributed by atoms with E-state index in [4.69, 9.17) is 4.74 Å². The number of para-hydroxylation sites is 1. The Balaban J connectivity index is 2.13. The Kier molecular flexibility index (Phi) is 3.08. The van der Waals surface area contributed by atoms with Gasteiger partial charge in [0.2, 0.25) is 0 Å². The zero-order chi connectivity index (χ0) is 13.2. The number of allylic oxidation sites excluding steroid dienone is 5. The van der Waals surface area contributed by atoms with Gasteiger partial charge < -0.3 is 4.74 Å². The summed E-state index contributed by atoms with van der Waals surface area (Å²) in [5.41, 5.74) is 3.51. The van der Waals surface area contributed by atoms with Crippen molar-refractivity contribution >= 4 is 5.78 Å². The van der Waals surface area contributed by atoms with Gasteiger partial charge in [0.1, 0.15) is 5.75 Å². The van der Waals surface area contributed by atoms with Gasteiger partial charge in [-0.2, -0.15) is 0 Å². The maximum Gasteiger partial charge on any atom is 0.197 e. The molecule has 3 rings (SSSR count). The van der Waals surface area contributed by atoms with Crippen LogP contribution in [0.5, 0.6) is 5.75 Å². The van der Waals surface area contributed by atoms with Crippen molar-refractivity contribution in [1.29, 1.82) is 0 Å². The molecule has 2 heteroatoms. The van der Waals surface area contributed by atoms with Crippen molar-refractivity contribution in [1.82, 2.24) is 0 Å². The van der Waals surface area contributed by atoms with Crippen LogP contribution < -0.4 is 4.74 Å². The molecule has 19 heavy (non-hydrogen) atoms. The van der Waals surface area contributed by atoms with E-state index in [2.05, 4.69) is 6.92 Å². The molecule has 1 aromatic carbocycles. The topological polar surface area (TPSA) is 26.3 Å². The Morgan fingerprint density at radius 3 is 3.05 bits per heavy atom. The van der Waals surface area contributed by atoms with E-state index >= 15 is 0 Å². The predicted molar refractivity (Wildman–Crippen MR) is 75.3 cm³/mol. The molecule has 0 amide bonds. The van der Waals surface area contributed by atoms with E-state index in [1.807, 2.05) is 36.4 Å². The maximum absolute atomic E-state index is 12.6. The van der Waals surface area contributed by atoms with Crippen LogP contribution in [0.1, 0.15) is 35.7 Å². The molecule has 1 aliphatic heterocycles. The predicted octanol–water partition coefficient (Wildman–Crippen LogP) is 3.98. The number of aryl methyl sites for hydroxylation is 1. The molecule has 0 fully saturated rings. The fourth-order valence-corrected chi connectivity index (χ4v) is 2.55. The van der Waals surface area contributed by atoms with E-state index < -0.39 is 0 Å². The zero-order valence-corrected chi connectivity index (χ0v) is 11.0. The Morgan fingerprint density at radius 2 is 2.21 bits per heavy atom. The van der Waals surface area contributed by atoms with Crippen molar-refractivity contribution in [2.75, 3.05) is 0 Å². The maximum atomic E-state index is 12.6. The number of fused-ring (bicyclic) bond motifs is 2. The highest BCUT2D eigenvalue weighted by atomic mass is 16.5. The van der Waals surface area contributed by atoms with E-state index in [1.165, 1.54) is 0 Å². The van der Waals surface area contributed by atoms with E-state index in [0.29, 0.717) is 5.56 Å². The summed E-state index contributed by atoms with van der Waals surface area (Å²) in [4.78, 5) is 12.6.